The first-order chi connectivity index (χ1) is 13.9. The molecule has 10 heteroatoms. The maximum Gasteiger partial charge on any atom is 0.573 e. The van der Waals surface area contributed by atoms with Crippen LogP contribution in [0.2, 0.25) is 0 Å². The summed E-state index contributed by atoms with van der Waals surface area (Å²) in [7, 11) is 0. The van der Waals surface area contributed by atoms with Crippen molar-refractivity contribution in [1.29, 1.82) is 0 Å². The molecule has 148 valence electrons. The SMILES string of the molecule is O=c1n(CCc2cnccn2)nc2ccc(-c3ccc(OC(F)(F)F)cc3)cn12. The van der Waals surface area contributed by atoms with Gasteiger partial charge in [0.05, 0.1) is 12.2 Å². The van der Waals surface area contributed by atoms with E-state index in [-0.39, 0.29) is 11.4 Å². The maximum atomic E-state index is 12.6. The second-order valence-corrected chi connectivity index (χ2v) is 6.17. The first-order valence-electron chi connectivity index (χ1n) is 8.59. The van der Waals surface area contributed by atoms with E-state index in [0.29, 0.717) is 29.7 Å². The molecule has 1 aromatic carbocycles. The van der Waals surface area contributed by atoms with E-state index in [0.717, 1.165) is 5.69 Å². The third-order valence-electron chi connectivity index (χ3n) is 4.19. The number of aryl methyl sites for hydroxylation is 2. The highest BCUT2D eigenvalue weighted by Gasteiger charge is 2.30. The lowest BCUT2D eigenvalue weighted by Gasteiger charge is -2.09. The van der Waals surface area contributed by atoms with Crippen LogP contribution in [-0.4, -0.2) is 30.5 Å². The molecule has 29 heavy (non-hydrogen) atoms. The molecule has 0 saturated carbocycles. The van der Waals surface area contributed by atoms with Crippen molar-refractivity contribution in [2.24, 2.45) is 0 Å². The molecule has 0 aliphatic carbocycles. The highest BCUT2D eigenvalue weighted by Crippen LogP contribution is 2.26. The number of fused-ring (bicyclic) bond motifs is 1. The van der Waals surface area contributed by atoms with Gasteiger partial charge >= 0.3 is 12.1 Å². The van der Waals surface area contributed by atoms with Gasteiger partial charge in [0.25, 0.3) is 0 Å². The largest absolute Gasteiger partial charge is 0.573 e. The summed E-state index contributed by atoms with van der Waals surface area (Å²) in [6.45, 7) is 0.345. The van der Waals surface area contributed by atoms with E-state index < -0.39 is 6.36 Å². The third kappa shape index (κ3) is 4.26. The number of pyridine rings is 1. The van der Waals surface area contributed by atoms with Gasteiger partial charge in [0.2, 0.25) is 0 Å². The fraction of sp³-hybridized carbons (Fsp3) is 0.158. The molecule has 0 aliphatic heterocycles. The minimum absolute atomic E-state index is 0.309. The summed E-state index contributed by atoms with van der Waals surface area (Å²) in [6, 6.07) is 8.85. The maximum absolute atomic E-state index is 12.6. The lowest BCUT2D eigenvalue weighted by Crippen LogP contribution is -2.22. The quantitative estimate of drug-likeness (QED) is 0.514. The number of nitrogens with zero attached hydrogens (tertiary/aromatic N) is 5. The van der Waals surface area contributed by atoms with Crippen LogP contribution in [0.4, 0.5) is 13.2 Å². The van der Waals surface area contributed by atoms with Gasteiger partial charge in [-0.1, -0.05) is 12.1 Å². The topological polar surface area (TPSA) is 74.3 Å². The molecule has 0 N–H and O–H groups in total. The Morgan fingerprint density at radius 1 is 1.00 bits per heavy atom. The molecular formula is C19H14F3N5O2. The standard InChI is InChI=1S/C19H14F3N5O2/c20-19(21,22)29-16-4-1-13(2-5-16)14-3-6-17-25-27(18(28)26(17)12-14)10-7-15-11-23-8-9-24-15/h1-6,8-9,11-12H,7,10H2. The van der Waals surface area contributed by atoms with Crippen molar-refractivity contribution < 1.29 is 17.9 Å². The van der Waals surface area contributed by atoms with Crippen molar-refractivity contribution in [3.8, 4) is 16.9 Å². The average Bonchev–Trinajstić information content (AvgIpc) is 3.02. The highest BCUT2D eigenvalue weighted by molar-refractivity contribution is 5.65. The molecule has 0 spiro atoms. The minimum Gasteiger partial charge on any atom is -0.406 e. The minimum atomic E-state index is -4.74. The van der Waals surface area contributed by atoms with Gasteiger partial charge in [0.1, 0.15) is 5.75 Å². The van der Waals surface area contributed by atoms with Crippen LogP contribution in [0.5, 0.6) is 5.75 Å². The zero-order chi connectivity index (χ0) is 20.4. The van der Waals surface area contributed by atoms with E-state index in [1.807, 2.05) is 0 Å². The number of hydrogen-bond donors (Lipinski definition) is 0. The summed E-state index contributed by atoms with van der Waals surface area (Å²) in [5, 5.41) is 4.29. The molecule has 0 amide bonds. The molecule has 0 unspecified atom stereocenters. The average molecular weight is 401 g/mol. The predicted molar refractivity (Wildman–Crippen MR) is 97.3 cm³/mol. The van der Waals surface area contributed by atoms with Gasteiger partial charge in [-0.15, -0.1) is 18.3 Å². The second-order valence-electron chi connectivity index (χ2n) is 6.17. The molecule has 0 bridgehead atoms. The Kier molecular flexibility index (Phi) is 4.75. The van der Waals surface area contributed by atoms with Crippen LogP contribution < -0.4 is 10.4 Å². The van der Waals surface area contributed by atoms with Gasteiger partial charge in [-0.3, -0.25) is 9.97 Å². The Balaban J connectivity index is 1.58. The van der Waals surface area contributed by atoms with E-state index >= 15 is 0 Å². The predicted octanol–water partition coefficient (Wildman–Crippen LogP) is 3.09. The van der Waals surface area contributed by atoms with Crippen molar-refractivity contribution in [1.82, 2.24) is 24.1 Å². The molecule has 0 saturated heterocycles. The second kappa shape index (κ2) is 7.38. The van der Waals surface area contributed by atoms with E-state index in [1.165, 1.54) is 33.3 Å². The van der Waals surface area contributed by atoms with Gasteiger partial charge in [-0.05, 0) is 35.4 Å². The molecule has 0 fully saturated rings. The zero-order valence-corrected chi connectivity index (χ0v) is 14.9. The van der Waals surface area contributed by atoms with Gasteiger partial charge in [-0.2, -0.15) is 0 Å². The van der Waals surface area contributed by atoms with Gasteiger partial charge in [-0.25, -0.2) is 13.9 Å². The fourth-order valence-corrected chi connectivity index (χ4v) is 2.86. The number of halogens is 3. The number of hydrogen-bond acceptors (Lipinski definition) is 5. The van der Waals surface area contributed by atoms with E-state index in [1.54, 1.807) is 36.9 Å². The number of rotatable bonds is 5. The van der Waals surface area contributed by atoms with Crippen molar-refractivity contribution in [2.45, 2.75) is 19.3 Å². The van der Waals surface area contributed by atoms with Crippen molar-refractivity contribution >= 4 is 5.65 Å². The molecular weight excluding hydrogens is 387 g/mol. The van der Waals surface area contributed by atoms with Gasteiger partial charge in [0.15, 0.2) is 5.65 Å². The first kappa shape index (κ1) is 18.7. The number of benzene rings is 1. The van der Waals surface area contributed by atoms with Crippen LogP contribution in [0.15, 0.2) is 66.0 Å². The van der Waals surface area contributed by atoms with Crippen LogP contribution in [0.1, 0.15) is 5.69 Å². The molecule has 3 heterocycles. The normalized spacial score (nSPS) is 11.7. The first-order valence-corrected chi connectivity index (χ1v) is 8.59. The number of aromatic nitrogens is 5. The monoisotopic (exact) mass is 401 g/mol. The molecule has 7 nitrogen and oxygen atoms in total. The zero-order valence-electron chi connectivity index (χ0n) is 14.9. The summed E-state index contributed by atoms with van der Waals surface area (Å²) in [4.78, 5) is 20.8. The molecule has 0 radical (unpaired) electrons. The van der Waals surface area contributed by atoms with Crippen molar-refractivity contribution in [3.05, 3.63) is 77.4 Å². The summed E-state index contributed by atoms with van der Waals surface area (Å²) >= 11 is 0. The Hall–Kier alpha value is -3.69. The smallest absolute Gasteiger partial charge is 0.406 e. The Labute approximate surface area is 162 Å². The summed E-state index contributed by atoms with van der Waals surface area (Å²) in [5.41, 5.74) is 2.20. The summed E-state index contributed by atoms with van der Waals surface area (Å²) in [5.74, 6) is -0.309. The summed E-state index contributed by atoms with van der Waals surface area (Å²) < 4.78 is 43.4. The Morgan fingerprint density at radius 2 is 1.76 bits per heavy atom. The van der Waals surface area contributed by atoms with E-state index in [4.69, 9.17) is 0 Å². The van der Waals surface area contributed by atoms with E-state index in [2.05, 4.69) is 19.8 Å². The number of alkyl halides is 3. The lowest BCUT2D eigenvalue weighted by molar-refractivity contribution is -0.274. The lowest BCUT2D eigenvalue weighted by atomic mass is 10.1. The van der Waals surface area contributed by atoms with Crippen LogP contribution in [0.3, 0.4) is 0 Å². The molecule has 4 rings (SSSR count). The van der Waals surface area contributed by atoms with Crippen LogP contribution in [0.25, 0.3) is 16.8 Å². The molecule has 3 aromatic heterocycles. The van der Waals surface area contributed by atoms with Crippen molar-refractivity contribution in [3.63, 3.8) is 0 Å². The molecule has 0 atom stereocenters. The van der Waals surface area contributed by atoms with Crippen LogP contribution in [0, 0.1) is 0 Å². The third-order valence-corrected chi connectivity index (χ3v) is 4.19. The van der Waals surface area contributed by atoms with Gasteiger partial charge in [0, 0.05) is 31.2 Å². The van der Waals surface area contributed by atoms with E-state index in [9.17, 15) is 18.0 Å². The van der Waals surface area contributed by atoms with Crippen LogP contribution >= 0.6 is 0 Å². The van der Waals surface area contributed by atoms with Crippen LogP contribution in [-0.2, 0) is 13.0 Å². The van der Waals surface area contributed by atoms with Crippen molar-refractivity contribution in [2.75, 3.05) is 0 Å². The number of ether oxygens (including phenoxy) is 1. The molecule has 4 aromatic rings. The Morgan fingerprint density at radius 3 is 2.45 bits per heavy atom. The fourth-order valence-electron chi connectivity index (χ4n) is 2.86. The van der Waals surface area contributed by atoms with Gasteiger partial charge < -0.3 is 4.74 Å². The Bertz CT molecular complexity index is 1180. The highest BCUT2D eigenvalue weighted by atomic mass is 19.4. The summed E-state index contributed by atoms with van der Waals surface area (Å²) in [6.07, 6.45) is 2.15. The molecule has 0 aliphatic rings.